The molecule has 1 atom stereocenters. The van der Waals surface area contributed by atoms with Gasteiger partial charge in [0.2, 0.25) is 11.7 Å². The number of carbonyl (C=O) groups is 3. The fourth-order valence-corrected chi connectivity index (χ4v) is 1.40. The van der Waals surface area contributed by atoms with Crippen molar-refractivity contribution in [2.45, 2.75) is 38.6 Å². The highest BCUT2D eigenvalue weighted by molar-refractivity contribution is 5.93. The van der Waals surface area contributed by atoms with Crippen LogP contribution in [-0.2, 0) is 9.59 Å². The molecule has 5 N–H and O–H groups in total. The van der Waals surface area contributed by atoms with Crippen LogP contribution in [-0.4, -0.2) is 44.1 Å². The molecule has 9 nitrogen and oxygen atoms in total. The Morgan fingerprint density at radius 1 is 1.40 bits per heavy atom. The van der Waals surface area contributed by atoms with Gasteiger partial charge in [-0.1, -0.05) is 13.8 Å². The average molecular weight is 283 g/mol. The number of primary amides is 1. The summed E-state index contributed by atoms with van der Waals surface area (Å²) >= 11 is 0. The first-order valence-corrected chi connectivity index (χ1v) is 6.05. The number of aromatic nitrogens is 3. The maximum absolute atomic E-state index is 11.8. The van der Waals surface area contributed by atoms with Gasteiger partial charge in [0.15, 0.2) is 0 Å². The van der Waals surface area contributed by atoms with E-state index < -0.39 is 23.8 Å². The van der Waals surface area contributed by atoms with Gasteiger partial charge in [-0.05, 0) is 6.42 Å². The third kappa shape index (κ3) is 4.34. The SMILES string of the molecule is CC(C)c1nc(C(=O)N[C@H](CCC(N)=O)C(=O)O)n[nH]1. The highest BCUT2D eigenvalue weighted by atomic mass is 16.4. The predicted octanol–water partition coefficient (Wildman–Crippen LogP) is -0.623. The Bertz CT molecular complexity index is 511. The van der Waals surface area contributed by atoms with Crippen LogP contribution in [0, 0.1) is 0 Å². The first-order valence-electron chi connectivity index (χ1n) is 6.05. The van der Waals surface area contributed by atoms with Gasteiger partial charge in [0.25, 0.3) is 5.91 Å². The maximum atomic E-state index is 11.8. The summed E-state index contributed by atoms with van der Waals surface area (Å²) < 4.78 is 0. The summed E-state index contributed by atoms with van der Waals surface area (Å²) in [6.45, 7) is 3.74. The number of amides is 2. The maximum Gasteiger partial charge on any atom is 0.326 e. The van der Waals surface area contributed by atoms with Gasteiger partial charge in [-0.2, -0.15) is 0 Å². The average Bonchev–Trinajstić information content (AvgIpc) is 2.83. The summed E-state index contributed by atoms with van der Waals surface area (Å²) in [4.78, 5) is 37.4. The van der Waals surface area contributed by atoms with Gasteiger partial charge in [-0.25, -0.2) is 9.78 Å². The van der Waals surface area contributed by atoms with E-state index in [4.69, 9.17) is 10.8 Å². The van der Waals surface area contributed by atoms with E-state index in [1.54, 1.807) is 0 Å². The lowest BCUT2D eigenvalue weighted by molar-refractivity contribution is -0.139. The Labute approximate surface area is 115 Å². The van der Waals surface area contributed by atoms with Gasteiger partial charge in [-0.15, -0.1) is 5.10 Å². The minimum atomic E-state index is -1.25. The summed E-state index contributed by atoms with van der Waals surface area (Å²) in [5.41, 5.74) is 4.95. The number of nitrogens with two attached hydrogens (primary N) is 1. The molecule has 0 aromatic carbocycles. The van der Waals surface area contributed by atoms with Crippen LogP contribution in [0.15, 0.2) is 0 Å². The number of rotatable bonds is 7. The number of H-pyrrole nitrogens is 1. The molecule has 1 aromatic rings. The molecule has 0 bridgehead atoms. The molecule has 0 fully saturated rings. The van der Waals surface area contributed by atoms with Crippen molar-refractivity contribution in [1.82, 2.24) is 20.5 Å². The number of nitrogens with one attached hydrogen (secondary N) is 2. The van der Waals surface area contributed by atoms with Crippen molar-refractivity contribution in [3.8, 4) is 0 Å². The molecule has 20 heavy (non-hydrogen) atoms. The smallest absolute Gasteiger partial charge is 0.326 e. The van der Waals surface area contributed by atoms with Crippen LogP contribution in [0.4, 0.5) is 0 Å². The zero-order valence-electron chi connectivity index (χ0n) is 11.2. The van der Waals surface area contributed by atoms with Gasteiger partial charge in [0.05, 0.1) is 0 Å². The van der Waals surface area contributed by atoms with E-state index in [1.807, 2.05) is 13.8 Å². The molecule has 1 rings (SSSR count). The number of hydrogen-bond donors (Lipinski definition) is 4. The zero-order valence-corrected chi connectivity index (χ0v) is 11.2. The van der Waals surface area contributed by atoms with Crippen molar-refractivity contribution in [3.63, 3.8) is 0 Å². The van der Waals surface area contributed by atoms with Crippen LogP contribution in [0.1, 0.15) is 49.1 Å². The molecule has 1 heterocycles. The Kier molecular flexibility index (Phi) is 5.18. The summed E-state index contributed by atoms with van der Waals surface area (Å²) in [7, 11) is 0. The molecule has 0 spiro atoms. The number of hydrogen-bond acceptors (Lipinski definition) is 5. The third-order valence-electron chi connectivity index (χ3n) is 2.54. The summed E-state index contributed by atoms with van der Waals surface area (Å²) in [6, 6.07) is -1.21. The van der Waals surface area contributed by atoms with Crippen LogP contribution < -0.4 is 11.1 Å². The molecule has 0 saturated heterocycles. The zero-order chi connectivity index (χ0) is 15.3. The summed E-state index contributed by atoms with van der Waals surface area (Å²) in [5.74, 6) is -2.15. The molecular weight excluding hydrogens is 266 g/mol. The molecule has 0 unspecified atom stereocenters. The standard InChI is InChI=1S/C11H17N5O4/c1-5(2)8-14-9(16-15-8)10(18)13-6(11(19)20)3-4-7(12)17/h5-6H,3-4H2,1-2H3,(H2,12,17)(H,13,18)(H,19,20)(H,14,15,16)/t6-/m1/s1. The number of carbonyl (C=O) groups excluding carboxylic acids is 2. The number of aromatic amines is 1. The summed E-state index contributed by atoms with van der Waals surface area (Å²) in [5, 5.41) is 17.5. The van der Waals surface area contributed by atoms with E-state index >= 15 is 0 Å². The van der Waals surface area contributed by atoms with Crippen molar-refractivity contribution in [2.75, 3.05) is 0 Å². The highest BCUT2D eigenvalue weighted by Crippen LogP contribution is 2.08. The minimum absolute atomic E-state index is 0.0641. The number of nitrogens with zero attached hydrogens (tertiary/aromatic N) is 2. The van der Waals surface area contributed by atoms with Crippen LogP contribution in [0.25, 0.3) is 0 Å². The van der Waals surface area contributed by atoms with Crippen molar-refractivity contribution in [1.29, 1.82) is 0 Å². The van der Waals surface area contributed by atoms with Crippen molar-refractivity contribution in [3.05, 3.63) is 11.6 Å². The van der Waals surface area contributed by atoms with E-state index in [0.717, 1.165) is 0 Å². The lowest BCUT2D eigenvalue weighted by Crippen LogP contribution is -2.41. The molecule has 0 saturated carbocycles. The molecule has 0 aliphatic rings. The monoisotopic (exact) mass is 283 g/mol. The summed E-state index contributed by atoms with van der Waals surface area (Å²) in [6.07, 6.45) is -0.222. The molecule has 110 valence electrons. The van der Waals surface area contributed by atoms with E-state index in [0.29, 0.717) is 5.82 Å². The Balaban J connectivity index is 2.69. The van der Waals surface area contributed by atoms with Crippen LogP contribution in [0.5, 0.6) is 0 Å². The van der Waals surface area contributed by atoms with E-state index in [2.05, 4.69) is 20.5 Å². The minimum Gasteiger partial charge on any atom is -0.480 e. The van der Waals surface area contributed by atoms with Gasteiger partial charge in [0.1, 0.15) is 11.9 Å². The van der Waals surface area contributed by atoms with Crippen LogP contribution in [0.3, 0.4) is 0 Å². The topological polar surface area (TPSA) is 151 Å². The quantitative estimate of drug-likeness (QED) is 0.523. The Morgan fingerprint density at radius 2 is 2.05 bits per heavy atom. The molecule has 0 aliphatic carbocycles. The Morgan fingerprint density at radius 3 is 2.50 bits per heavy atom. The van der Waals surface area contributed by atoms with Gasteiger partial charge < -0.3 is 16.2 Å². The number of aliphatic carboxylic acids is 1. The van der Waals surface area contributed by atoms with E-state index in [9.17, 15) is 14.4 Å². The molecule has 9 heteroatoms. The Hall–Kier alpha value is -2.45. The molecule has 0 aliphatic heterocycles. The van der Waals surface area contributed by atoms with Crippen molar-refractivity contribution >= 4 is 17.8 Å². The second kappa shape index (κ2) is 6.64. The van der Waals surface area contributed by atoms with E-state index in [-0.39, 0.29) is 24.6 Å². The number of carboxylic acids is 1. The van der Waals surface area contributed by atoms with E-state index in [1.165, 1.54) is 0 Å². The molecule has 2 amide bonds. The second-order valence-corrected chi connectivity index (χ2v) is 4.57. The predicted molar refractivity (Wildman–Crippen MR) is 67.8 cm³/mol. The largest absolute Gasteiger partial charge is 0.480 e. The molecule has 0 radical (unpaired) electrons. The molecular formula is C11H17N5O4. The van der Waals surface area contributed by atoms with Crippen LogP contribution in [0.2, 0.25) is 0 Å². The fraction of sp³-hybridized carbons (Fsp3) is 0.545. The second-order valence-electron chi connectivity index (χ2n) is 4.57. The van der Waals surface area contributed by atoms with Crippen LogP contribution >= 0.6 is 0 Å². The first kappa shape index (κ1) is 15.6. The lowest BCUT2D eigenvalue weighted by atomic mass is 10.1. The first-order chi connectivity index (χ1) is 9.31. The van der Waals surface area contributed by atoms with Gasteiger partial charge in [-0.3, -0.25) is 14.7 Å². The van der Waals surface area contributed by atoms with Gasteiger partial charge in [0, 0.05) is 12.3 Å². The normalized spacial score (nSPS) is 12.2. The number of carboxylic acid groups (broad SMARTS) is 1. The fourth-order valence-electron chi connectivity index (χ4n) is 1.40. The third-order valence-corrected chi connectivity index (χ3v) is 2.54. The van der Waals surface area contributed by atoms with Crippen molar-refractivity contribution in [2.24, 2.45) is 5.73 Å². The highest BCUT2D eigenvalue weighted by Gasteiger charge is 2.23. The van der Waals surface area contributed by atoms with Crippen molar-refractivity contribution < 1.29 is 19.5 Å². The lowest BCUT2D eigenvalue weighted by Gasteiger charge is -2.11. The van der Waals surface area contributed by atoms with Gasteiger partial charge >= 0.3 is 5.97 Å². The molecule has 1 aromatic heterocycles.